The second kappa shape index (κ2) is 12.6. The van der Waals surface area contributed by atoms with E-state index < -0.39 is 23.5 Å². The van der Waals surface area contributed by atoms with Crippen molar-refractivity contribution in [3.8, 4) is 11.5 Å². The molecule has 1 aliphatic rings. The maximum absolute atomic E-state index is 13.6. The summed E-state index contributed by atoms with van der Waals surface area (Å²) < 4.78 is 12.6. The number of ether oxygens (including phenoxy) is 2. The van der Waals surface area contributed by atoms with E-state index in [2.05, 4.69) is 11.9 Å². The van der Waals surface area contributed by atoms with Crippen LogP contribution in [0.3, 0.4) is 0 Å². The van der Waals surface area contributed by atoms with Crippen LogP contribution in [0, 0.1) is 0 Å². The first-order valence-electron chi connectivity index (χ1n) is 13.4. The van der Waals surface area contributed by atoms with Crippen LogP contribution in [0.1, 0.15) is 43.9 Å². The molecule has 3 aromatic carbocycles. The van der Waals surface area contributed by atoms with Crippen LogP contribution < -0.4 is 14.4 Å². The van der Waals surface area contributed by atoms with Crippen LogP contribution in [-0.4, -0.2) is 35.0 Å². The highest BCUT2D eigenvalue weighted by Gasteiger charge is 2.45. The van der Waals surface area contributed by atoms with Crippen LogP contribution in [0.15, 0.2) is 84.1 Å². The Labute approximate surface area is 247 Å². The molecule has 1 aromatic heterocycles. The van der Waals surface area contributed by atoms with Crippen molar-refractivity contribution in [2.45, 2.75) is 32.7 Å². The van der Waals surface area contributed by atoms with Gasteiger partial charge in [0.1, 0.15) is 0 Å². The zero-order valence-corrected chi connectivity index (χ0v) is 24.2. The van der Waals surface area contributed by atoms with E-state index in [1.807, 2.05) is 37.3 Å². The molecule has 1 atom stereocenters. The summed E-state index contributed by atoms with van der Waals surface area (Å²) in [5, 5.41) is 12.0. The van der Waals surface area contributed by atoms with Crippen LogP contribution in [-0.2, 0) is 9.59 Å². The molecule has 1 unspecified atom stereocenters. The number of carbonyl (C=O) groups excluding carboxylic acids is 2. The Kier molecular flexibility index (Phi) is 8.71. The van der Waals surface area contributed by atoms with Gasteiger partial charge in [-0.1, -0.05) is 78.8 Å². The zero-order chi connectivity index (χ0) is 28.9. The molecule has 0 saturated carbocycles. The number of allylic oxidation sites excluding steroid dienone is 1. The molecule has 0 aliphatic carbocycles. The minimum atomic E-state index is -0.949. The molecule has 1 N–H and O–H groups in total. The van der Waals surface area contributed by atoms with E-state index >= 15 is 0 Å². The van der Waals surface area contributed by atoms with Gasteiger partial charge in [-0.25, -0.2) is 4.98 Å². The van der Waals surface area contributed by atoms with Crippen LogP contribution in [0.5, 0.6) is 11.5 Å². The van der Waals surface area contributed by atoms with Gasteiger partial charge in [0.2, 0.25) is 0 Å². The van der Waals surface area contributed by atoms with Gasteiger partial charge in [0, 0.05) is 5.02 Å². The lowest BCUT2D eigenvalue weighted by Crippen LogP contribution is -2.30. The van der Waals surface area contributed by atoms with Crippen molar-refractivity contribution in [1.82, 2.24) is 4.98 Å². The van der Waals surface area contributed by atoms with Gasteiger partial charge in [-0.05, 0) is 60.9 Å². The smallest absolute Gasteiger partial charge is 0.296 e. The van der Waals surface area contributed by atoms with E-state index in [1.165, 1.54) is 22.3 Å². The highest BCUT2D eigenvalue weighted by molar-refractivity contribution is 7.22. The van der Waals surface area contributed by atoms with Crippen LogP contribution in [0.2, 0.25) is 5.02 Å². The molecule has 4 aromatic rings. The summed E-state index contributed by atoms with van der Waals surface area (Å²) in [5.41, 5.74) is 2.00. The fraction of sp³-hybridized carbons (Fsp3) is 0.219. The Morgan fingerprint density at radius 2 is 1.88 bits per heavy atom. The first-order chi connectivity index (χ1) is 19.9. The monoisotopic (exact) mass is 588 g/mol. The van der Waals surface area contributed by atoms with Crippen molar-refractivity contribution < 1.29 is 24.2 Å². The number of ketones is 1. The summed E-state index contributed by atoms with van der Waals surface area (Å²) in [6.07, 6.45) is 4.90. The van der Waals surface area contributed by atoms with Gasteiger partial charge >= 0.3 is 0 Å². The number of aliphatic hydroxyl groups is 1. The number of hydrogen-bond donors (Lipinski definition) is 1. The summed E-state index contributed by atoms with van der Waals surface area (Å²) in [4.78, 5) is 33.2. The lowest BCUT2D eigenvalue weighted by Gasteiger charge is -2.25. The summed E-state index contributed by atoms with van der Waals surface area (Å²) >= 11 is 7.45. The van der Waals surface area contributed by atoms with Gasteiger partial charge in [-0.15, -0.1) is 0 Å². The van der Waals surface area contributed by atoms with E-state index in [-0.39, 0.29) is 5.57 Å². The third-order valence-electron chi connectivity index (χ3n) is 6.58. The minimum absolute atomic E-state index is 0.0402. The van der Waals surface area contributed by atoms with Crippen molar-refractivity contribution in [2.24, 2.45) is 0 Å². The zero-order valence-electron chi connectivity index (χ0n) is 22.7. The summed E-state index contributed by atoms with van der Waals surface area (Å²) in [7, 11) is 0. The average Bonchev–Trinajstić information content (AvgIpc) is 3.50. The summed E-state index contributed by atoms with van der Waals surface area (Å²) in [6.45, 7) is 4.88. The number of hydrogen-bond acceptors (Lipinski definition) is 7. The minimum Gasteiger partial charge on any atom is -0.503 e. The maximum atomic E-state index is 13.6. The number of anilines is 1. The number of rotatable bonds is 11. The molecule has 9 heteroatoms. The number of aromatic nitrogens is 1. The second-order valence-electron chi connectivity index (χ2n) is 9.40. The molecule has 1 aliphatic heterocycles. The van der Waals surface area contributed by atoms with Crippen LogP contribution >= 0.6 is 22.9 Å². The number of nitrogens with zero attached hydrogens (tertiary/aromatic N) is 2. The number of aliphatic hydroxyl groups excluding tert-OH is 1. The fourth-order valence-corrected chi connectivity index (χ4v) is 5.86. The average molecular weight is 589 g/mol. The van der Waals surface area contributed by atoms with Crippen molar-refractivity contribution in [3.63, 3.8) is 0 Å². The lowest BCUT2D eigenvalue weighted by molar-refractivity contribution is -0.117. The Hall–Kier alpha value is -4.14. The van der Waals surface area contributed by atoms with Crippen molar-refractivity contribution >= 4 is 56.1 Å². The Morgan fingerprint density at radius 1 is 1.07 bits per heavy atom. The number of amides is 1. The van der Waals surface area contributed by atoms with Gasteiger partial charge < -0.3 is 14.6 Å². The van der Waals surface area contributed by atoms with Gasteiger partial charge in [0.25, 0.3) is 5.91 Å². The largest absolute Gasteiger partial charge is 0.503 e. The van der Waals surface area contributed by atoms with Gasteiger partial charge in [0.05, 0.1) is 35.0 Å². The first kappa shape index (κ1) is 28.4. The van der Waals surface area contributed by atoms with Gasteiger partial charge in [-0.3, -0.25) is 14.5 Å². The number of thiazole rings is 1. The highest BCUT2D eigenvalue weighted by atomic mass is 35.5. The van der Waals surface area contributed by atoms with Crippen LogP contribution in [0.25, 0.3) is 16.3 Å². The number of unbranched alkanes of at least 4 members (excludes halogenated alkanes) is 1. The summed E-state index contributed by atoms with van der Waals surface area (Å²) in [5.74, 6) is -0.756. The Bertz CT molecular complexity index is 1650. The molecule has 0 saturated heterocycles. The maximum Gasteiger partial charge on any atom is 0.296 e. The second-order valence-corrected chi connectivity index (χ2v) is 10.8. The predicted octanol–water partition coefficient (Wildman–Crippen LogP) is 7.71. The first-order valence-corrected chi connectivity index (χ1v) is 14.6. The third-order valence-corrected chi connectivity index (χ3v) is 7.84. The molecular formula is C32H29ClN2O5S. The van der Waals surface area contributed by atoms with Gasteiger partial charge in [0.15, 0.2) is 28.2 Å². The van der Waals surface area contributed by atoms with Crippen molar-refractivity contribution in [3.05, 3.63) is 100 Å². The number of fused-ring (bicyclic) bond motifs is 1. The number of carbonyl (C=O) groups is 2. The van der Waals surface area contributed by atoms with Gasteiger partial charge in [-0.2, -0.15) is 0 Å². The molecule has 0 spiro atoms. The molecule has 210 valence electrons. The topological polar surface area (TPSA) is 89.0 Å². The molecular weight excluding hydrogens is 560 g/mol. The van der Waals surface area contributed by atoms with E-state index in [0.29, 0.717) is 45.9 Å². The van der Waals surface area contributed by atoms with E-state index in [9.17, 15) is 14.7 Å². The lowest BCUT2D eigenvalue weighted by atomic mass is 9.95. The summed E-state index contributed by atoms with van der Waals surface area (Å²) in [6, 6.07) is 19.0. The molecule has 1 amide bonds. The standard InChI is InChI=1S/C32H29ClN2O5S/c1-3-5-17-40-25-16-12-21(18-26(25)39-4-2)29-28(24(36)15-11-20-9-7-6-8-10-20)30(37)31(38)35(29)32-34-23-14-13-22(33)19-27(23)41-32/h6-16,18-19,29,37H,3-5,17H2,1-2H3. The predicted molar refractivity (Wildman–Crippen MR) is 163 cm³/mol. The van der Waals surface area contributed by atoms with Crippen molar-refractivity contribution in [1.29, 1.82) is 0 Å². The Balaban J connectivity index is 1.60. The van der Waals surface area contributed by atoms with Crippen LogP contribution in [0.4, 0.5) is 5.13 Å². The molecule has 2 heterocycles. The normalized spacial score (nSPS) is 15.3. The highest BCUT2D eigenvalue weighted by Crippen LogP contribution is 2.45. The molecule has 7 nitrogen and oxygen atoms in total. The van der Waals surface area contributed by atoms with E-state index in [4.69, 9.17) is 21.1 Å². The fourth-order valence-electron chi connectivity index (χ4n) is 4.59. The molecule has 0 bridgehead atoms. The van der Waals surface area contributed by atoms with E-state index in [0.717, 1.165) is 23.1 Å². The van der Waals surface area contributed by atoms with Crippen molar-refractivity contribution in [2.75, 3.05) is 18.1 Å². The molecule has 41 heavy (non-hydrogen) atoms. The molecule has 0 radical (unpaired) electrons. The quantitative estimate of drug-likeness (QED) is 0.143. The third kappa shape index (κ3) is 5.99. The SMILES string of the molecule is CCCCOc1ccc(C2C(C(=O)C=Cc3ccccc3)=C(O)C(=O)N2c2nc3ccc(Cl)cc3s2)cc1OCC. The number of benzene rings is 3. The number of halogens is 1. The Morgan fingerprint density at radius 3 is 2.63 bits per heavy atom. The molecule has 0 fully saturated rings. The van der Waals surface area contributed by atoms with E-state index in [1.54, 1.807) is 42.5 Å². The molecule has 5 rings (SSSR count).